The van der Waals surface area contributed by atoms with Crippen LogP contribution in [0.1, 0.15) is 55.8 Å². The topological polar surface area (TPSA) is 20.2 Å². The fourth-order valence-corrected chi connectivity index (χ4v) is 2.74. The van der Waals surface area contributed by atoms with E-state index in [0.29, 0.717) is 11.8 Å². The van der Waals surface area contributed by atoms with E-state index in [9.17, 15) is 5.11 Å². The van der Waals surface area contributed by atoms with Crippen molar-refractivity contribution in [3.05, 3.63) is 35.4 Å². The van der Waals surface area contributed by atoms with Gasteiger partial charge >= 0.3 is 0 Å². The maximum atomic E-state index is 10.1. The highest BCUT2D eigenvalue weighted by atomic mass is 16.3. The normalized spacial score (nSPS) is 30.9. The van der Waals surface area contributed by atoms with Gasteiger partial charge in [0.2, 0.25) is 0 Å². The monoisotopic (exact) mass is 216 g/mol. The fraction of sp³-hybridized carbons (Fsp3) is 0.600. The Morgan fingerprint density at radius 3 is 2.25 bits per heavy atom. The van der Waals surface area contributed by atoms with Crippen LogP contribution in [0.25, 0.3) is 0 Å². The number of hydrogen-bond acceptors (Lipinski definition) is 1. The largest absolute Gasteiger partial charge is 0.388 e. The Kier molecular flexibility index (Phi) is 2.51. The third-order valence-electron chi connectivity index (χ3n) is 4.43. The van der Waals surface area contributed by atoms with E-state index in [1.54, 1.807) is 0 Å². The van der Waals surface area contributed by atoms with Crippen LogP contribution in [0.2, 0.25) is 0 Å². The molecule has 0 amide bonds. The lowest BCUT2D eigenvalue weighted by Gasteiger charge is -2.26. The van der Waals surface area contributed by atoms with Gasteiger partial charge in [-0.2, -0.15) is 0 Å². The smallest absolute Gasteiger partial charge is 0.0820 e. The van der Waals surface area contributed by atoms with Crippen molar-refractivity contribution in [3.63, 3.8) is 0 Å². The predicted octanol–water partition coefficient (Wildman–Crippen LogP) is 3.64. The molecule has 1 heteroatoms. The van der Waals surface area contributed by atoms with Gasteiger partial charge in [-0.1, -0.05) is 37.6 Å². The molecule has 0 heterocycles. The lowest BCUT2D eigenvalue weighted by Crippen LogP contribution is -2.09. The molecule has 2 saturated carbocycles. The Bertz CT molecular complexity index is 364. The highest BCUT2D eigenvalue weighted by molar-refractivity contribution is 5.28. The minimum atomic E-state index is -0.231. The Morgan fingerprint density at radius 2 is 1.81 bits per heavy atom. The molecule has 1 aromatic carbocycles. The van der Waals surface area contributed by atoms with Crippen LogP contribution in [-0.4, -0.2) is 5.11 Å². The molecular formula is C15H20O. The van der Waals surface area contributed by atoms with Crippen molar-refractivity contribution in [2.75, 3.05) is 0 Å². The first-order chi connectivity index (χ1) is 7.75. The number of aliphatic hydroxyl groups is 1. The summed E-state index contributed by atoms with van der Waals surface area (Å²) in [6.45, 7) is 2.22. The van der Waals surface area contributed by atoms with Crippen LogP contribution >= 0.6 is 0 Å². The minimum absolute atomic E-state index is 0.231. The third-order valence-corrected chi connectivity index (χ3v) is 4.43. The molecule has 0 saturated heterocycles. The van der Waals surface area contributed by atoms with Gasteiger partial charge in [-0.25, -0.2) is 0 Å². The van der Waals surface area contributed by atoms with E-state index in [0.717, 1.165) is 11.5 Å². The quantitative estimate of drug-likeness (QED) is 0.817. The molecule has 2 aliphatic carbocycles. The lowest BCUT2D eigenvalue weighted by molar-refractivity contribution is 0.148. The molecule has 1 aromatic rings. The average molecular weight is 216 g/mol. The Hall–Kier alpha value is -0.820. The minimum Gasteiger partial charge on any atom is -0.388 e. The highest BCUT2D eigenvalue weighted by Gasteiger charge is 2.39. The summed E-state index contributed by atoms with van der Waals surface area (Å²) in [5, 5.41) is 10.1. The van der Waals surface area contributed by atoms with Gasteiger partial charge in [0.05, 0.1) is 6.10 Å². The number of hydrogen-bond donors (Lipinski definition) is 1. The summed E-state index contributed by atoms with van der Waals surface area (Å²) in [6, 6.07) is 8.69. The van der Waals surface area contributed by atoms with Gasteiger partial charge in [0, 0.05) is 0 Å². The zero-order valence-corrected chi connectivity index (χ0v) is 9.89. The van der Waals surface area contributed by atoms with Crippen LogP contribution in [0.15, 0.2) is 24.3 Å². The van der Waals surface area contributed by atoms with E-state index >= 15 is 0 Å². The molecule has 0 spiro atoms. The van der Waals surface area contributed by atoms with Crippen LogP contribution in [0.4, 0.5) is 0 Å². The van der Waals surface area contributed by atoms with Crippen LogP contribution in [-0.2, 0) is 0 Å². The molecular weight excluding hydrogens is 196 g/mol. The van der Waals surface area contributed by atoms with Crippen molar-refractivity contribution in [2.45, 2.75) is 44.6 Å². The molecule has 0 bridgehead atoms. The number of aliphatic hydroxyl groups excluding tert-OH is 1. The molecule has 2 aliphatic rings. The zero-order valence-electron chi connectivity index (χ0n) is 9.89. The summed E-state index contributed by atoms with van der Waals surface area (Å²) >= 11 is 0. The van der Waals surface area contributed by atoms with Crippen LogP contribution in [0.5, 0.6) is 0 Å². The Balaban J connectivity index is 1.71. The van der Waals surface area contributed by atoms with Crippen molar-refractivity contribution in [1.82, 2.24) is 0 Å². The van der Waals surface area contributed by atoms with Gasteiger partial charge in [0.15, 0.2) is 0 Å². The first-order valence-electron chi connectivity index (χ1n) is 6.53. The first-order valence-corrected chi connectivity index (χ1v) is 6.53. The van der Waals surface area contributed by atoms with Crippen molar-refractivity contribution < 1.29 is 5.11 Å². The summed E-state index contributed by atoms with van der Waals surface area (Å²) in [6.07, 6.45) is 5.04. The van der Waals surface area contributed by atoms with E-state index < -0.39 is 0 Å². The van der Waals surface area contributed by atoms with Gasteiger partial charge in [-0.05, 0) is 48.1 Å². The molecule has 3 atom stereocenters. The first kappa shape index (κ1) is 10.3. The van der Waals surface area contributed by atoms with E-state index in [1.165, 1.54) is 31.2 Å². The molecule has 0 aliphatic heterocycles. The zero-order chi connectivity index (χ0) is 11.1. The third kappa shape index (κ3) is 1.78. The van der Waals surface area contributed by atoms with E-state index in [2.05, 4.69) is 31.2 Å². The Morgan fingerprint density at radius 1 is 1.19 bits per heavy atom. The fourth-order valence-electron chi connectivity index (χ4n) is 2.74. The second-order valence-electron chi connectivity index (χ2n) is 5.62. The maximum Gasteiger partial charge on any atom is 0.0820 e. The van der Waals surface area contributed by atoms with Crippen LogP contribution in [0.3, 0.4) is 0 Å². The Labute approximate surface area is 97.5 Å². The second kappa shape index (κ2) is 3.89. The van der Waals surface area contributed by atoms with E-state index in [-0.39, 0.29) is 6.10 Å². The van der Waals surface area contributed by atoms with Gasteiger partial charge in [-0.15, -0.1) is 0 Å². The van der Waals surface area contributed by atoms with Gasteiger partial charge in [0.1, 0.15) is 0 Å². The molecule has 0 radical (unpaired) electrons. The van der Waals surface area contributed by atoms with Gasteiger partial charge in [-0.3, -0.25) is 0 Å². The van der Waals surface area contributed by atoms with Gasteiger partial charge < -0.3 is 5.11 Å². The summed E-state index contributed by atoms with van der Waals surface area (Å²) in [5.74, 6) is 2.02. The molecule has 16 heavy (non-hydrogen) atoms. The summed E-state index contributed by atoms with van der Waals surface area (Å²) < 4.78 is 0. The van der Waals surface area contributed by atoms with Crippen molar-refractivity contribution in [2.24, 2.45) is 11.8 Å². The molecule has 1 N–H and O–H groups in total. The molecule has 1 nitrogen and oxygen atoms in total. The lowest BCUT2D eigenvalue weighted by atomic mass is 9.80. The van der Waals surface area contributed by atoms with E-state index in [4.69, 9.17) is 0 Å². The maximum absolute atomic E-state index is 10.1. The molecule has 86 valence electrons. The molecule has 0 aromatic heterocycles. The summed E-state index contributed by atoms with van der Waals surface area (Å²) in [7, 11) is 0. The summed E-state index contributed by atoms with van der Waals surface area (Å²) in [5.41, 5.74) is 2.57. The van der Waals surface area contributed by atoms with Crippen LogP contribution in [0, 0.1) is 11.8 Å². The van der Waals surface area contributed by atoms with E-state index in [1.807, 2.05) is 0 Å². The van der Waals surface area contributed by atoms with Crippen molar-refractivity contribution >= 4 is 0 Å². The highest BCUT2D eigenvalue weighted by Crippen LogP contribution is 2.47. The number of benzene rings is 1. The SMILES string of the molecule is CC1CC1C(O)c1ccc(C2CCC2)cc1. The average Bonchev–Trinajstić information content (AvgIpc) is 2.93. The molecule has 3 unspecified atom stereocenters. The van der Waals surface area contributed by atoms with Crippen LogP contribution < -0.4 is 0 Å². The standard InChI is InChI=1S/C15H20O/c1-10-9-14(10)15(16)13-7-5-12(6-8-13)11-3-2-4-11/h5-8,10-11,14-16H,2-4,9H2,1H3. The number of rotatable bonds is 3. The van der Waals surface area contributed by atoms with Gasteiger partial charge in [0.25, 0.3) is 0 Å². The van der Waals surface area contributed by atoms with Crippen molar-refractivity contribution in [1.29, 1.82) is 0 Å². The molecule has 3 rings (SSSR count). The summed E-state index contributed by atoms with van der Waals surface area (Å²) in [4.78, 5) is 0. The predicted molar refractivity (Wildman–Crippen MR) is 65.3 cm³/mol. The van der Waals surface area contributed by atoms with Crippen molar-refractivity contribution in [3.8, 4) is 0 Å². The second-order valence-corrected chi connectivity index (χ2v) is 5.62. The molecule has 2 fully saturated rings.